The van der Waals surface area contributed by atoms with E-state index in [0.29, 0.717) is 6.42 Å². The molecule has 9 nitrogen and oxygen atoms in total. The van der Waals surface area contributed by atoms with Gasteiger partial charge in [0, 0.05) is 19.4 Å². The number of ether oxygens (including phenoxy) is 2. The number of phosphoric acid groups is 1. The lowest BCUT2D eigenvalue weighted by Gasteiger charge is -2.19. The van der Waals surface area contributed by atoms with Crippen LogP contribution in [-0.4, -0.2) is 49.3 Å². The van der Waals surface area contributed by atoms with Crippen LogP contribution in [0, 0.1) is 0 Å². The number of carbonyl (C=O) groups is 2. The summed E-state index contributed by atoms with van der Waals surface area (Å²) in [7, 11) is -4.39. The van der Waals surface area contributed by atoms with Crippen LogP contribution in [-0.2, 0) is 32.7 Å². The summed E-state index contributed by atoms with van der Waals surface area (Å²) in [5.74, 6) is -0.799. The van der Waals surface area contributed by atoms with E-state index in [4.69, 9.17) is 24.3 Å². The van der Waals surface area contributed by atoms with Crippen molar-refractivity contribution in [2.45, 2.75) is 444 Å². The number of hydrogen-bond donors (Lipinski definition) is 2. The predicted octanol–water partition coefficient (Wildman–Crippen LogP) is 26.4. The summed E-state index contributed by atoms with van der Waals surface area (Å²) in [5.41, 5.74) is 5.41. The highest BCUT2D eigenvalue weighted by molar-refractivity contribution is 7.47. The number of nitrogens with two attached hydrogens (primary N) is 1. The van der Waals surface area contributed by atoms with Gasteiger partial charge in [-0.3, -0.25) is 18.6 Å². The minimum absolute atomic E-state index is 0.0573. The summed E-state index contributed by atoms with van der Waals surface area (Å²) in [5, 5.41) is 0. The molecule has 2 atom stereocenters. The number of carbonyl (C=O) groups excluding carboxylic acids is 2. The van der Waals surface area contributed by atoms with Gasteiger partial charge in [0.05, 0.1) is 13.2 Å². The summed E-state index contributed by atoms with van der Waals surface area (Å²) in [6.07, 6.45) is 94.7. The quantitative estimate of drug-likeness (QED) is 0.0264. The van der Waals surface area contributed by atoms with Gasteiger partial charge in [-0.2, -0.15) is 0 Å². The summed E-state index contributed by atoms with van der Waals surface area (Å²) < 4.78 is 33.3. The first-order valence-electron chi connectivity index (χ1n) is 39.8. The molecular formula is C79H154NO8P. The minimum atomic E-state index is -4.39. The van der Waals surface area contributed by atoms with E-state index < -0.39 is 26.5 Å². The van der Waals surface area contributed by atoms with E-state index in [2.05, 4.69) is 38.2 Å². The molecule has 0 saturated heterocycles. The molecule has 10 heteroatoms. The third-order valence-electron chi connectivity index (χ3n) is 18.3. The topological polar surface area (TPSA) is 134 Å². The van der Waals surface area contributed by atoms with Gasteiger partial charge in [-0.25, -0.2) is 4.57 Å². The SMILES string of the molecule is CCCCCCCCCC/C=C\CCCCCCCCCCCCCCCCCCCCCCCCCCCC(=O)OC(COC(=O)CCCCCCCCCCCCCCCCCCCCC/C=C\CCCCCCCCCC)COP(=O)(O)OCCN. The van der Waals surface area contributed by atoms with Crippen molar-refractivity contribution in [3.8, 4) is 0 Å². The van der Waals surface area contributed by atoms with Crippen LogP contribution in [0.15, 0.2) is 24.3 Å². The Labute approximate surface area is 554 Å². The lowest BCUT2D eigenvalue weighted by atomic mass is 10.0. The first-order valence-corrected chi connectivity index (χ1v) is 41.3. The highest BCUT2D eigenvalue weighted by atomic mass is 31.2. The Balaban J connectivity index is 3.74. The number of hydrogen-bond acceptors (Lipinski definition) is 8. The van der Waals surface area contributed by atoms with Crippen LogP contribution >= 0.6 is 7.82 Å². The molecule has 0 aromatic carbocycles. The summed E-state index contributed by atoms with van der Waals surface area (Å²) >= 11 is 0. The van der Waals surface area contributed by atoms with Crippen LogP contribution in [0.3, 0.4) is 0 Å². The molecule has 0 aliphatic rings. The van der Waals surface area contributed by atoms with Crippen LogP contribution in [0.4, 0.5) is 0 Å². The lowest BCUT2D eigenvalue weighted by molar-refractivity contribution is -0.161. The molecule has 0 aromatic rings. The number of esters is 2. The fourth-order valence-electron chi connectivity index (χ4n) is 12.4. The fourth-order valence-corrected chi connectivity index (χ4v) is 13.2. The van der Waals surface area contributed by atoms with E-state index in [1.54, 1.807) is 0 Å². The molecule has 0 aliphatic heterocycles. The van der Waals surface area contributed by atoms with Crippen LogP contribution in [0.2, 0.25) is 0 Å². The molecular weight excluding hydrogens is 1120 g/mol. The molecule has 0 heterocycles. The Bertz CT molecular complexity index is 1510. The van der Waals surface area contributed by atoms with Crippen molar-refractivity contribution in [3.05, 3.63) is 24.3 Å². The Morgan fingerprint density at radius 3 is 0.798 bits per heavy atom. The van der Waals surface area contributed by atoms with Gasteiger partial charge in [0.15, 0.2) is 6.10 Å². The molecule has 528 valence electrons. The second-order valence-corrected chi connectivity index (χ2v) is 28.7. The van der Waals surface area contributed by atoms with Gasteiger partial charge >= 0.3 is 19.8 Å². The van der Waals surface area contributed by atoms with Crippen molar-refractivity contribution in [3.63, 3.8) is 0 Å². The maximum Gasteiger partial charge on any atom is 0.472 e. The van der Waals surface area contributed by atoms with Gasteiger partial charge in [0.2, 0.25) is 0 Å². The van der Waals surface area contributed by atoms with E-state index in [0.717, 1.165) is 32.1 Å². The highest BCUT2D eigenvalue weighted by Gasteiger charge is 2.26. The minimum Gasteiger partial charge on any atom is -0.462 e. The molecule has 0 saturated carbocycles. The zero-order valence-corrected chi connectivity index (χ0v) is 60.6. The van der Waals surface area contributed by atoms with E-state index in [1.807, 2.05) is 0 Å². The van der Waals surface area contributed by atoms with Crippen LogP contribution < -0.4 is 5.73 Å². The monoisotopic (exact) mass is 1280 g/mol. The third kappa shape index (κ3) is 75.4. The van der Waals surface area contributed by atoms with E-state index >= 15 is 0 Å². The first kappa shape index (κ1) is 87.5. The zero-order chi connectivity index (χ0) is 64.4. The zero-order valence-electron chi connectivity index (χ0n) is 59.7. The van der Waals surface area contributed by atoms with Gasteiger partial charge in [-0.15, -0.1) is 0 Å². The van der Waals surface area contributed by atoms with Crippen molar-refractivity contribution in [2.75, 3.05) is 26.4 Å². The number of rotatable bonds is 77. The lowest BCUT2D eigenvalue weighted by Crippen LogP contribution is -2.29. The number of phosphoric ester groups is 1. The summed E-state index contributed by atoms with van der Waals surface area (Å²) in [4.78, 5) is 35.4. The Hall–Kier alpha value is -1.51. The number of unbranched alkanes of at least 4 members (excludes halogenated alkanes) is 60. The van der Waals surface area contributed by atoms with Gasteiger partial charge in [0.1, 0.15) is 6.61 Å². The highest BCUT2D eigenvalue weighted by Crippen LogP contribution is 2.43. The molecule has 0 aliphatic carbocycles. The second kappa shape index (κ2) is 75.5. The molecule has 0 spiro atoms. The fraction of sp³-hybridized carbons (Fsp3) is 0.924. The molecule has 0 bridgehead atoms. The molecule has 0 fully saturated rings. The summed E-state index contributed by atoms with van der Waals surface area (Å²) in [6.45, 7) is 3.84. The van der Waals surface area contributed by atoms with E-state index in [1.165, 1.54) is 372 Å². The maximum atomic E-state index is 12.8. The summed E-state index contributed by atoms with van der Waals surface area (Å²) in [6, 6.07) is 0. The normalized spacial score (nSPS) is 12.9. The van der Waals surface area contributed by atoms with Crippen molar-refractivity contribution in [1.82, 2.24) is 0 Å². The first-order chi connectivity index (χ1) is 43.8. The van der Waals surface area contributed by atoms with Crippen LogP contribution in [0.25, 0.3) is 0 Å². The largest absolute Gasteiger partial charge is 0.472 e. The van der Waals surface area contributed by atoms with Gasteiger partial charge in [0.25, 0.3) is 0 Å². The second-order valence-electron chi connectivity index (χ2n) is 27.3. The standard InChI is InChI=1S/C79H154NO8P/c1-3-5-7-9-11-13-15-17-19-21-23-25-27-29-31-33-35-36-37-38-39-40-42-44-46-48-50-52-54-56-58-60-62-64-66-68-70-72-79(82)88-77(76-87-89(83,84)86-74-73-80)75-85-78(81)71-69-67-65-63-61-59-57-55-53-51-49-47-45-43-41-34-32-30-28-26-24-22-20-18-16-14-12-10-8-6-4-2/h21-24,77H,3-20,25-76,80H2,1-2H3,(H,83,84)/b23-21-,24-22-. The number of allylic oxidation sites excluding steroid dienone is 4. The van der Waals surface area contributed by atoms with Gasteiger partial charge in [-0.1, -0.05) is 385 Å². The molecule has 3 N–H and O–H groups in total. The van der Waals surface area contributed by atoms with E-state index in [-0.39, 0.29) is 38.6 Å². The Morgan fingerprint density at radius 2 is 0.551 bits per heavy atom. The van der Waals surface area contributed by atoms with Crippen molar-refractivity contribution in [2.24, 2.45) is 5.73 Å². The van der Waals surface area contributed by atoms with E-state index in [9.17, 15) is 19.0 Å². The third-order valence-corrected chi connectivity index (χ3v) is 19.3. The molecule has 0 rings (SSSR count). The van der Waals surface area contributed by atoms with Crippen molar-refractivity contribution >= 4 is 19.8 Å². The Morgan fingerprint density at radius 1 is 0.326 bits per heavy atom. The maximum absolute atomic E-state index is 12.8. The molecule has 2 unspecified atom stereocenters. The van der Waals surface area contributed by atoms with Crippen LogP contribution in [0.5, 0.6) is 0 Å². The van der Waals surface area contributed by atoms with Gasteiger partial charge in [-0.05, 0) is 64.2 Å². The van der Waals surface area contributed by atoms with Gasteiger partial charge < -0.3 is 20.1 Å². The van der Waals surface area contributed by atoms with Crippen LogP contribution in [0.1, 0.15) is 438 Å². The van der Waals surface area contributed by atoms with Crippen molar-refractivity contribution < 1.29 is 37.6 Å². The molecule has 89 heavy (non-hydrogen) atoms. The molecule has 0 aromatic heterocycles. The average molecular weight is 1280 g/mol. The smallest absolute Gasteiger partial charge is 0.462 e. The average Bonchev–Trinajstić information content (AvgIpc) is 3.68. The van der Waals surface area contributed by atoms with Crippen molar-refractivity contribution in [1.29, 1.82) is 0 Å². The molecule has 0 radical (unpaired) electrons. The molecule has 0 amide bonds. The Kier molecular flexibility index (Phi) is 74.2. The predicted molar refractivity (Wildman–Crippen MR) is 386 cm³/mol.